The number of sulfonamides is 1. The smallest absolute Gasteiger partial charge is 0.264 e. The number of rotatable bonds is 13. The normalized spacial score (nSPS) is 11.9. The highest BCUT2D eigenvalue weighted by atomic mass is 35.5. The molecule has 1 atom stereocenters. The van der Waals surface area contributed by atoms with Gasteiger partial charge in [-0.25, -0.2) is 8.42 Å². The molecule has 0 aliphatic rings. The molecule has 0 aliphatic heterocycles. The number of halogens is 1. The molecule has 0 aliphatic carbocycles. The molecule has 0 spiro atoms. The number of hydrogen-bond donors (Lipinski definition) is 1. The number of nitrogens with one attached hydrogen (secondary N) is 1. The molecule has 2 amide bonds. The van der Waals surface area contributed by atoms with Crippen molar-refractivity contribution in [1.82, 2.24) is 10.2 Å². The number of carbonyl (C=O) groups is 2. The highest BCUT2D eigenvalue weighted by molar-refractivity contribution is 7.92. The van der Waals surface area contributed by atoms with Gasteiger partial charge in [-0.2, -0.15) is 0 Å². The molecule has 8 nitrogen and oxygen atoms in total. The summed E-state index contributed by atoms with van der Waals surface area (Å²) in [6.07, 6.45) is 1.72. The van der Waals surface area contributed by atoms with Gasteiger partial charge in [-0.05, 0) is 74.4 Å². The molecule has 40 heavy (non-hydrogen) atoms. The number of amides is 2. The molecule has 1 N–H and O–H groups in total. The minimum atomic E-state index is -4.16. The lowest BCUT2D eigenvalue weighted by Gasteiger charge is -2.32. The van der Waals surface area contributed by atoms with E-state index in [4.69, 9.17) is 16.3 Å². The topological polar surface area (TPSA) is 96.0 Å². The summed E-state index contributed by atoms with van der Waals surface area (Å²) in [6.45, 7) is 5.60. The van der Waals surface area contributed by atoms with E-state index in [2.05, 4.69) is 5.32 Å². The first-order valence-electron chi connectivity index (χ1n) is 13.1. The maximum Gasteiger partial charge on any atom is 0.264 e. The molecule has 0 saturated carbocycles. The predicted molar refractivity (Wildman–Crippen MR) is 158 cm³/mol. The summed E-state index contributed by atoms with van der Waals surface area (Å²) < 4.78 is 34.0. The van der Waals surface area contributed by atoms with E-state index in [0.717, 1.165) is 22.7 Å². The average molecular weight is 586 g/mol. The molecule has 10 heteroatoms. The second-order valence-corrected chi connectivity index (χ2v) is 11.8. The Morgan fingerprint density at radius 3 is 2.30 bits per heavy atom. The fourth-order valence-electron chi connectivity index (χ4n) is 4.07. The summed E-state index contributed by atoms with van der Waals surface area (Å²) in [5.41, 5.74) is 1.99. The molecule has 3 aromatic carbocycles. The molecule has 1 unspecified atom stereocenters. The van der Waals surface area contributed by atoms with Crippen molar-refractivity contribution in [2.45, 2.75) is 51.1 Å². The fraction of sp³-hybridized carbons (Fsp3) is 0.333. The lowest BCUT2D eigenvalue weighted by Crippen LogP contribution is -2.51. The number of unbranched alkanes of at least 4 members (excludes halogenated alkanes) is 1. The monoisotopic (exact) mass is 585 g/mol. The van der Waals surface area contributed by atoms with Crippen LogP contribution in [0, 0.1) is 6.92 Å². The molecule has 0 saturated heterocycles. The maximum atomic E-state index is 13.9. The molecule has 0 fully saturated rings. The van der Waals surface area contributed by atoms with Crippen LogP contribution < -0.4 is 14.4 Å². The highest BCUT2D eigenvalue weighted by Crippen LogP contribution is 2.26. The second kappa shape index (κ2) is 14.2. The van der Waals surface area contributed by atoms with Crippen molar-refractivity contribution in [3.05, 3.63) is 88.9 Å². The van der Waals surface area contributed by atoms with Crippen LogP contribution in [-0.4, -0.2) is 51.4 Å². The lowest BCUT2D eigenvalue weighted by molar-refractivity contribution is -0.139. The first-order chi connectivity index (χ1) is 19.1. The summed E-state index contributed by atoms with van der Waals surface area (Å²) in [4.78, 5) is 28.3. The number of anilines is 1. The van der Waals surface area contributed by atoms with Crippen LogP contribution in [0.15, 0.2) is 77.7 Å². The largest absolute Gasteiger partial charge is 0.497 e. The molecule has 214 valence electrons. The van der Waals surface area contributed by atoms with E-state index in [9.17, 15) is 18.0 Å². The lowest BCUT2D eigenvalue weighted by atomic mass is 10.1. The van der Waals surface area contributed by atoms with Crippen molar-refractivity contribution >= 4 is 39.1 Å². The van der Waals surface area contributed by atoms with Gasteiger partial charge in [0.15, 0.2) is 0 Å². The molecule has 0 bridgehead atoms. The first kappa shape index (κ1) is 31.0. The third kappa shape index (κ3) is 7.99. The Balaban J connectivity index is 2.00. The summed E-state index contributed by atoms with van der Waals surface area (Å²) in [5.74, 6) is -0.341. The van der Waals surface area contributed by atoms with Gasteiger partial charge in [0.25, 0.3) is 10.0 Å². The van der Waals surface area contributed by atoms with E-state index in [1.165, 1.54) is 24.1 Å². The third-order valence-electron chi connectivity index (χ3n) is 6.49. The first-order valence-corrected chi connectivity index (χ1v) is 14.9. The highest BCUT2D eigenvalue weighted by Gasteiger charge is 2.32. The van der Waals surface area contributed by atoms with Crippen LogP contribution in [0.1, 0.15) is 37.8 Å². The molecule has 0 heterocycles. The van der Waals surface area contributed by atoms with E-state index in [1.54, 1.807) is 67.6 Å². The van der Waals surface area contributed by atoms with E-state index in [-0.39, 0.29) is 17.3 Å². The van der Waals surface area contributed by atoms with E-state index < -0.39 is 28.5 Å². The van der Waals surface area contributed by atoms with Crippen LogP contribution in [0.4, 0.5) is 5.69 Å². The van der Waals surface area contributed by atoms with E-state index in [1.807, 2.05) is 13.8 Å². The number of hydrogen-bond acceptors (Lipinski definition) is 5. The van der Waals surface area contributed by atoms with Crippen LogP contribution in [0.25, 0.3) is 0 Å². The Hall–Kier alpha value is -3.56. The number of nitrogens with zero attached hydrogens (tertiary/aromatic N) is 2. The van der Waals surface area contributed by atoms with Gasteiger partial charge in [0.1, 0.15) is 18.3 Å². The fourth-order valence-corrected chi connectivity index (χ4v) is 5.69. The van der Waals surface area contributed by atoms with Crippen molar-refractivity contribution < 1.29 is 22.7 Å². The molecular formula is C30H36ClN3O5S. The van der Waals surface area contributed by atoms with Gasteiger partial charge >= 0.3 is 0 Å². The van der Waals surface area contributed by atoms with Crippen LogP contribution in [0.3, 0.4) is 0 Å². The molecular weight excluding hydrogens is 550 g/mol. The van der Waals surface area contributed by atoms with Crippen molar-refractivity contribution in [2.75, 3.05) is 24.5 Å². The maximum absolute atomic E-state index is 13.9. The zero-order valence-electron chi connectivity index (χ0n) is 23.3. The third-order valence-corrected chi connectivity index (χ3v) is 8.51. The Morgan fingerprint density at radius 2 is 1.70 bits per heavy atom. The van der Waals surface area contributed by atoms with Crippen LogP contribution in [0.5, 0.6) is 5.75 Å². The van der Waals surface area contributed by atoms with Gasteiger partial charge in [0, 0.05) is 18.1 Å². The molecule has 3 aromatic rings. The minimum absolute atomic E-state index is 0.00780. The van der Waals surface area contributed by atoms with Crippen LogP contribution in [0.2, 0.25) is 5.02 Å². The van der Waals surface area contributed by atoms with Gasteiger partial charge in [0.2, 0.25) is 11.8 Å². The Kier molecular flexibility index (Phi) is 11.0. The van der Waals surface area contributed by atoms with Crippen molar-refractivity contribution in [3.63, 3.8) is 0 Å². The number of benzene rings is 3. The predicted octanol–water partition coefficient (Wildman–Crippen LogP) is 5.19. The second-order valence-electron chi connectivity index (χ2n) is 9.49. The number of aryl methyl sites for hydroxylation is 1. The Morgan fingerprint density at radius 1 is 1.02 bits per heavy atom. The van der Waals surface area contributed by atoms with Crippen molar-refractivity contribution in [1.29, 1.82) is 0 Å². The average Bonchev–Trinajstić information content (AvgIpc) is 2.94. The zero-order chi connectivity index (χ0) is 29.3. The molecule has 0 radical (unpaired) electrons. The van der Waals surface area contributed by atoms with Crippen molar-refractivity contribution in [3.8, 4) is 5.75 Å². The summed E-state index contributed by atoms with van der Waals surface area (Å²) >= 11 is 6.18. The molecule has 0 aromatic heterocycles. The summed E-state index contributed by atoms with van der Waals surface area (Å²) in [7, 11) is -2.66. The number of carbonyl (C=O) groups excluding carboxylic acids is 2. The van der Waals surface area contributed by atoms with Gasteiger partial charge in [-0.1, -0.05) is 54.8 Å². The zero-order valence-corrected chi connectivity index (χ0v) is 24.8. The van der Waals surface area contributed by atoms with Crippen molar-refractivity contribution in [2.24, 2.45) is 0 Å². The SMILES string of the molecule is CCCCNC(=O)C(C)N(Cc1cccc(Cl)c1)C(=O)CN(c1ccc(C)cc1)S(=O)(=O)c1ccc(OC)cc1. The van der Waals surface area contributed by atoms with Gasteiger partial charge < -0.3 is 15.0 Å². The van der Waals surface area contributed by atoms with E-state index in [0.29, 0.717) is 28.6 Å². The van der Waals surface area contributed by atoms with Gasteiger partial charge in [-0.3, -0.25) is 13.9 Å². The quantitative estimate of drug-likeness (QED) is 0.279. The van der Waals surface area contributed by atoms with Gasteiger partial charge in [0.05, 0.1) is 17.7 Å². The Bertz CT molecular complexity index is 1400. The Labute approximate surface area is 241 Å². The molecule has 3 rings (SSSR count). The number of methoxy groups -OCH3 is 1. The van der Waals surface area contributed by atoms with Gasteiger partial charge in [-0.15, -0.1) is 0 Å². The van der Waals surface area contributed by atoms with Crippen LogP contribution >= 0.6 is 11.6 Å². The summed E-state index contributed by atoms with van der Waals surface area (Å²) in [5, 5.41) is 3.37. The number of ether oxygens (including phenoxy) is 1. The van der Waals surface area contributed by atoms with Crippen LogP contribution in [-0.2, 0) is 26.2 Å². The van der Waals surface area contributed by atoms with E-state index >= 15 is 0 Å². The minimum Gasteiger partial charge on any atom is -0.497 e. The summed E-state index contributed by atoms with van der Waals surface area (Å²) in [6, 6.07) is 19.0. The standard InChI is InChI=1S/C30H36ClN3O5S/c1-5-6-18-32-30(36)23(3)33(20-24-8-7-9-25(31)19-24)29(35)21-34(26-12-10-22(2)11-13-26)40(37,38)28-16-14-27(39-4)15-17-28/h7-17,19,23H,5-6,18,20-21H2,1-4H3,(H,32,36).